The van der Waals surface area contributed by atoms with Crippen LogP contribution >= 0.6 is 0 Å². The SMILES string of the molecule is CCOC(=O)NCc1cc(C(=O)N2CCCC2)ccn1. The molecular formula is C14H19N3O3. The Morgan fingerprint density at radius 3 is 2.85 bits per heavy atom. The third kappa shape index (κ3) is 3.69. The number of carbonyl (C=O) groups is 2. The van der Waals surface area contributed by atoms with E-state index in [1.807, 2.05) is 4.90 Å². The molecule has 1 aliphatic heterocycles. The van der Waals surface area contributed by atoms with Crippen molar-refractivity contribution in [2.24, 2.45) is 0 Å². The molecule has 108 valence electrons. The third-order valence-corrected chi connectivity index (χ3v) is 3.15. The van der Waals surface area contributed by atoms with Crippen molar-refractivity contribution in [1.29, 1.82) is 0 Å². The zero-order valence-electron chi connectivity index (χ0n) is 11.6. The van der Waals surface area contributed by atoms with Crippen LogP contribution in [-0.4, -0.2) is 41.6 Å². The van der Waals surface area contributed by atoms with Gasteiger partial charge in [-0.3, -0.25) is 9.78 Å². The third-order valence-electron chi connectivity index (χ3n) is 3.15. The van der Waals surface area contributed by atoms with Gasteiger partial charge in [-0.25, -0.2) is 4.79 Å². The number of carbonyl (C=O) groups excluding carboxylic acids is 2. The summed E-state index contributed by atoms with van der Waals surface area (Å²) in [4.78, 5) is 29.4. The van der Waals surface area contributed by atoms with E-state index in [4.69, 9.17) is 4.74 Å². The first-order chi connectivity index (χ1) is 9.70. The van der Waals surface area contributed by atoms with Crippen LogP contribution in [0.1, 0.15) is 35.8 Å². The molecule has 0 aromatic carbocycles. The molecule has 1 fully saturated rings. The molecule has 0 radical (unpaired) electrons. The van der Waals surface area contributed by atoms with Crippen molar-refractivity contribution in [2.75, 3.05) is 19.7 Å². The molecule has 1 N–H and O–H groups in total. The summed E-state index contributed by atoms with van der Waals surface area (Å²) in [5.74, 6) is 0.0299. The summed E-state index contributed by atoms with van der Waals surface area (Å²) in [5.41, 5.74) is 1.26. The van der Waals surface area contributed by atoms with Gasteiger partial charge in [0.1, 0.15) is 0 Å². The topological polar surface area (TPSA) is 71.5 Å². The van der Waals surface area contributed by atoms with Gasteiger partial charge in [-0.1, -0.05) is 0 Å². The highest BCUT2D eigenvalue weighted by Gasteiger charge is 2.19. The minimum absolute atomic E-state index is 0.0299. The summed E-state index contributed by atoms with van der Waals surface area (Å²) in [6.07, 6.45) is 3.23. The van der Waals surface area contributed by atoms with Gasteiger partial charge in [0, 0.05) is 24.8 Å². The summed E-state index contributed by atoms with van der Waals surface area (Å²) in [5, 5.41) is 2.59. The van der Waals surface area contributed by atoms with Crippen LogP contribution in [0.3, 0.4) is 0 Å². The fourth-order valence-corrected chi connectivity index (χ4v) is 2.16. The molecule has 1 aromatic rings. The molecule has 2 amide bonds. The predicted octanol–water partition coefficient (Wildman–Crippen LogP) is 1.56. The average molecular weight is 277 g/mol. The maximum Gasteiger partial charge on any atom is 0.407 e. The molecule has 1 saturated heterocycles. The van der Waals surface area contributed by atoms with Crippen molar-refractivity contribution in [3.63, 3.8) is 0 Å². The molecule has 0 unspecified atom stereocenters. The van der Waals surface area contributed by atoms with Gasteiger partial charge in [0.15, 0.2) is 0 Å². The van der Waals surface area contributed by atoms with Crippen LogP contribution in [0.2, 0.25) is 0 Å². The van der Waals surface area contributed by atoms with E-state index in [1.165, 1.54) is 0 Å². The number of likely N-dealkylation sites (tertiary alicyclic amines) is 1. The highest BCUT2D eigenvalue weighted by atomic mass is 16.5. The summed E-state index contributed by atoms with van der Waals surface area (Å²) in [7, 11) is 0. The summed E-state index contributed by atoms with van der Waals surface area (Å²) in [6, 6.07) is 3.42. The monoisotopic (exact) mass is 277 g/mol. The van der Waals surface area contributed by atoms with E-state index in [0.29, 0.717) is 17.9 Å². The smallest absolute Gasteiger partial charge is 0.407 e. The number of aromatic nitrogens is 1. The molecule has 0 saturated carbocycles. The van der Waals surface area contributed by atoms with Gasteiger partial charge in [0.05, 0.1) is 18.8 Å². The largest absolute Gasteiger partial charge is 0.450 e. The molecule has 0 atom stereocenters. The number of hydrogen-bond donors (Lipinski definition) is 1. The van der Waals surface area contributed by atoms with Crippen molar-refractivity contribution in [3.8, 4) is 0 Å². The number of pyridine rings is 1. The number of rotatable bonds is 4. The van der Waals surface area contributed by atoms with Crippen molar-refractivity contribution < 1.29 is 14.3 Å². The van der Waals surface area contributed by atoms with Crippen LogP contribution in [0.15, 0.2) is 18.3 Å². The molecule has 6 nitrogen and oxygen atoms in total. The second-order valence-electron chi connectivity index (χ2n) is 4.61. The molecule has 6 heteroatoms. The molecule has 0 aliphatic carbocycles. The predicted molar refractivity (Wildman–Crippen MR) is 73.2 cm³/mol. The first kappa shape index (κ1) is 14.3. The highest BCUT2D eigenvalue weighted by Crippen LogP contribution is 2.13. The Morgan fingerprint density at radius 1 is 1.40 bits per heavy atom. The first-order valence-corrected chi connectivity index (χ1v) is 6.85. The minimum Gasteiger partial charge on any atom is -0.450 e. The molecule has 2 rings (SSSR count). The molecule has 1 aliphatic rings. The number of alkyl carbamates (subject to hydrolysis) is 1. The summed E-state index contributed by atoms with van der Waals surface area (Å²) >= 11 is 0. The van der Waals surface area contributed by atoms with Crippen LogP contribution < -0.4 is 5.32 Å². The van der Waals surface area contributed by atoms with Gasteiger partial charge in [0.2, 0.25) is 0 Å². The second kappa shape index (κ2) is 6.88. The number of ether oxygens (including phenoxy) is 1. The lowest BCUT2D eigenvalue weighted by Crippen LogP contribution is -2.28. The van der Waals surface area contributed by atoms with Crippen molar-refractivity contribution >= 4 is 12.0 Å². The lowest BCUT2D eigenvalue weighted by molar-refractivity contribution is 0.0792. The number of amides is 2. The Kier molecular flexibility index (Phi) is 4.92. The molecule has 0 bridgehead atoms. The fourth-order valence-electron chi connectivity index (χ4n) is 2.16. The zero-order valence-corrected chi connectivity index (χ0v) is 11.6. The van der Waals surface area contributed by atoms with Crippen LogP contribution in [-0.2, 0) is 11.3 Å². The fraction of sp³-hybridized carbons (Fsp3) is 0.500. The van der Waals surface area contributed by atoms with E-state index in [9.17, 15) is 9.59 Å². The van der Waals surface area contributed by atoms with Crippen LogP contribution in [0.5, 0.6) is 0 Å². The maximum absolute atomic E-state index is 12.2. The highest BCUT2D eigenvalue weighted by molar-refractivity contribution is 5.94. The number of nitrogens with one attached hydrogen (secondary N) is 1. The standard InChI is InChI=1S/C14H19N3O3/c1-2-20-14(19)16-10-12-9-11(5-6-15-12)13(18)17-7-3-4-8-17/h5-6,9H,2-4,7-8,10H2,1H3,(H,16,19). The van der Waals surface area contributed by atoms with Crippen LogP contribution in [0.25, 0.3) is 0 Å². The van der Waals surface area contributed by atoms with E-state index in [2.05, 4.69) is 10.3 Å². The van der Waals surface area contributed by atoms with Crippen molar-refractivity contribution in [1.82, 2.24) is 15.2 Å². The molecule has 0 spiro atoms. The van der Waals surface area contributed by atoms with Gasteiger partial charge in [0.25, 0.3) is 5.91 Å². The van der Waals surface area contributed by atoms with E-state index >= 15 is 0 Å². The lowest BCUT2D eigenvalue weighted by Gasteiger charge is -2.15. The molecule has 20 heavy (non-hydrogen) atoms. The van der Waals surface area contributed by atoms with E-state index in [-0.39, 0.29) is 12.5 Å². The van der Waals surface area contributed by atoms with Gasteiger partial charge in [-0.2, -0.15) is 0 Å². The molecule has 1 aromatic heterocycles. The quantitative estimate of drug-likeness (QED) is 0.906. The second-order valence-corrected chi connectivity index (χ2v) is 4.61. The Bertz CT molecular complexity index is 484. The van der Waals surface area contributed by atoms with Gasteiger partial charge in [-0.15, -0.1) is 0 Å². The Morgan fingerprint density at radius 2 is 2.15 bits per heavy atom. The van der Waals surface area contributed by atoms with Crippen LogP contribution in [0.4, 0.5) is 4.79 Å². The Labute approximate surface area is 118 Å². The number of nitrogens with zero attached hydrogens (tertiary/aromatic N) is 2. The van der Waals surface area contributed by atoms with Crippen molar-refractivity contribution in [2.45, 2.75) is 26.3 Å². The Balaban J connectivity index is 1.96. The van der Waals surface area contributed by atoms with E-state index in [1.54, 1.807) is 25.3 Å². The minimum atomic E-state index is -0.481. The van der Waals surface area contributed by atoms with E-state index < -0.39 is 6.09 Å². The van der Waals surface area contributed by atoms with Crippen LogP contribution in [0, 0.1) is 0 Å². The molecule has 2 heterocycles. The van der Waals surface area contributed by atoms with Gasteiger partial charge < -0.3 is 15.0 Å². The Hall–Kier alpha value is -2.11. The van der Waals surface area contributed by atoms with Gasteiger partial charge in [-0.05, 0) is 31.9 Å². The van der Waals surface area contributed by atoms with Crippen molar-refractivity contribution in [3.05, 3.63) is 29.6 Å². The first-order valence-electron chi connectivity index (χ1n) is 6.85. The van der Waals surface area contributed by atoms with Gasteiger partial charge >= 0.3 is 6.09 Å². The van der Waals surface area contributed by atoms with E-state index in [0.717, 1.165) is 25.9 Å². The molecular weight excluding hydrogens is 258 g/mol. The lowest BCUT2D eigenvalue weighted by atomic mass is 10.2. The summed E-state index contributed by atoms with van der Waals surface area (Å²) in [6.45, 7) is 3.95. The zero-order chi connectivity index (χ0) is 14.4. The summed E-state index contributed by atoms with van der Waals surface area (Å²) < 4.78 is 4.77. The average Bonchev–Trinajstić information content (AvgIpc) is 2.99. The maximum atomic E-state index is 12.2. The normalized spacial score (nSPS) is 14.2. The number of hydrogen-bond acceptors (Lipinski definition) is 4.